The Labute approximate surface area is 127 Å². The highest BCUT2D eigenvalue weighted by Crippen LogP contribution is 2.41. The fourth-order valence-corrected chi connectivity index (χ4v) is 2.13. The summed E-state index contributed by atoms with van der Waals surface area (Å²) in [5.74, 6) is 1.20. The van der Waals surface area contributed by atoms with Crippen LogP contribution in [-0.4, -0.2) is 39.6 Å². The van der Waals surface area contributed by atoms with Crippen LogP contribution in [-0.2, 0) is 4.74 Å². The van der Waals surface area contributed by atoms with Crippen LogP contribution in [0.1, 0.15) is 16.1 Å². The molecule has 0 N–H and O–H groups in total. The first-order valence-corrected chi connectivity index (χ1v) is 6.42. The summed E-state index contributed by atoms with van der Waals surface area (Å²) in [7, 11) is 5.83. The van der Waals surface area contributed by atoms with Gasteiger partial charge in [-0.3, -0.25) is 0 Å². The minimum Gasteiger partial charge on any atom is -0.493 e. The summed E-state index contributed by atoms with van der Waals surface area (Å²) < 4.78 is 25.7. The van der Waals surface area contributed by atoms with E-state index >= 15 is 0 Å². The molecule has 0 bridgehead atoms. The summed E-state index contributed by atoms with van der Waals surface area (Å²) >= 11 is 0. The average molecular weight is 307 g/mol. The van der Waals surface area contributed by atoms with Crippen LogP contribution in [0.4, 0.5) is 0 Å². The normalized spacial score (nSPS) is 10.2. The molecule has 2 rings (SSSR count). The second-order valence-corrected chi connectivity index (χ2v) is 4.37. The quantitative estimate of drug-likeness (QED) is 0.785. The molecule has 0 unspecified atom stereocenters. The molecule has 1 aromatic carbocycles. The number of hydrogen-bond donors (Lipinski definition) is 0. The topological polar surface area (TPSA) is 80.0 Å². The summed E-state index contributed by atoms with van der Waals surface area (Å²) in [6.07, 6.45) is 0. The minimum absolute atomic E-state index is 0.261. The van der Waals surface area contributed by atoms with Gasteiger partial charge < -0.3 is 23.5 Å². The molecule has 0 atom stereocenters. The smallest absolute Gasteiger partial charge is 0.343 e. The molecule has 22 heavy (non-hydrogen) atoms. The van der Waals surface area contributed by atoms with E-state index < -0.39 is 5.97 Å². The first-order chi connectivity index (χ1) is 10.6. The molecule has 0 fully saturated rings. The fourth-order valence-electron chi connectivity index (χ4n) is 2.13. The van der Waals surface area contributed by atoms with Crippen LogP contribution in [0.2, 0.25) is 0 Å². The third-order valence-electron chi connectivity index (χ3n) is 3.19. The lowest BCUT2D eigenvalue weighted by Crippen LogP contribution is -2.04. The number of rotatable bonds is 5. The predicted octanol–water partition coefficient (Wildman–Crippen LogP) is 2.46. The van der Waals surface area contributed by atoms with Crippen molar-refractivity contribution >= 4 is 5.97 Å². The van der Waals surface area contributed by atoms with E-state index in [1.807, 2.05) is 0 Å². The number of nitrogens with zero attached hydrogens (tertiary/aromatic N) is 1. The van der Waals surface area contributed by atoms with Crippen molar-refractivity contribution in [3.63, 3.8) is 0 Å². The molecule has 0 spiro atoms. The molecule has 0 saturated heterocycles. The van der Waals surface area contributed by atoms with Gasteiger partial charge in [0.2, 0.25) is 5.75 Å². The highest BCUT2D eigenvalue weighted by Gasteiger charge is 2.24. The van der Waals surface area contributed by atoms with Gasteiger partial charge in [-0.15, -0.1) is 0 Å². The van der Waals surface area contributed by atoms with Crippen LogP contribution in [0.15, 0.2) is 16.7 Å². The molecule has 2 aromatic rings. The Morgan fingerprint density at radius 2 is 1.64 bits per heavy atom. The van der Waals surface area contributed by atoms with E-state index in [0.29, 0.717) is 34.3 Å². The third-order valence-corrected chi connectivity index (χ3v) is 3.19. The van der Waals surface area contributed by atoms with Crippen LogP contribution in [0, 0.1) is 6.92 Å². The van der Waals surface area contributed by atoms with Gasteiger partial charge in [-0.1, -0.05) is 5.16 Å². The van der Waals surface area contributed by atoms with Crippen LogP contribution < -0.4 is 14.2 Å². The number of ether oxygens (including phenoxy) is 4. The van der Waals surface area contributed by atoms with Crippen molar-refractivity contribution in [3.8, 4) is 28.5 Å². The van der Waals surface area contributed by atoms with Crippen molar-refractivity contribution in [1.29, 1.82) is 0 Å². The van der Waals surface area contributed by atoms with E-state index in [1.165, 1.54) is 28.4 Å². The van der Waals surface area contributed by atoms with E-state index in [0.717, 1.165) is 0 Å². The van der Waals surface area contributed by atoms with Crippen LogP contribution in [0.3, 0.4) is 0 Å². The zero-order chi connectivity index (χ0) is 16.3. The summed E-state index contributed by atoms with van der Waals surface area (Å²) in [4.78, 5) is 11.9. The largest absolute Gasteiger partial charge is 0.493 e. The molecule has 0 saturated carbocycles. The van der Waals surface area contributed by atoms with E-state index in [1.54, 1.807) is 19.1 Å². The van der Waals surface area contributed by atoms with Gasteiger partial charge in [0, 0.05) is 5.56 Å². The SMILES string of the molecule is COC(=O)c1c(-c2cc(OC)c(OC)c(OC)c2)noc1C. The highest BCUT2D eigenvalue weighted by atomic mass is 16.5. The van der Waals surface area contributed by atoms with E-state index in [-0.39, 0.29) is 5.56 Å². The number of esters is 1. The molecule has 7 heteroatoms. The zero-order valence-electron chi connectivity index (χ0n) is 13.1. The summed E-state index contributed by atoms with van der Waals surface area (Å²) in [5, 5.41) is 3.93. The first kappa shape index (κ1) is 15.7. The Kier molecular flexibility index (Phi) is 4.55. The van der Waals surface area contributed by atoms with E-state index in [2.05, 4.69) is 5.16 Å². The van der Waals surface area contributed by atoms with Gasteiger partial charge in [0.05, 0.1) is 28.4 Å². The van der Waals surface area contributed by atoms with Crippen LogP contribution in [0.25, 0.3) is 11.3 Å². The molecule has 118 valence electrons. The van der Waals surface area contributed by atoms with E-state index in [4.69, 9.17) is 23.5 Å². The summed E-state index contributed by atoms with van der Waals surface area (Å²) in [5.41, 5.74) is 1.20. The second kappa shape index (κ2) is 6.38. The maximum Gasteiger partial charge on any atom is 0.343 e. The molecule has 0 aliphatic rings. The molecule has 1 aromatic heterocycles. The van der Waals surface area contributed by atoms with Gasteiger partial charge >= 0.3 is 5.97 Å². The monoisotopic (exact) mass is 307 g/mol. The second-order valence-electron chi connectivity index (χ2n) is 4.37. The lowest BCUT2D eigenvalue weighted by Gasteiger charge is -2.13. The van der Waals surface area contributed by atoms with Crippen LogP contribution >= 0.6 is 0 Å². The number of carbonyl (C=O) groups is 1. The van der Waals surface area contributed by atoms with Crippen molar-refractivity contribution < 1.29 is 28.3 Å². The summed E-state index contributed by atoms with van der Waals surface area (Å²) in [6, 6.07) is 3.37. The average Bonchev–Trinajstić information content (AvgIpc) is 2.94. The number of aromatic nitrogens is 1. The van der Waals surface area contributed by atoms with Gasteiger partial charge in [-0.25, -0.2) is 4.79 Å². The number of carbonyl (C=O) groups excluding carboxylic acids is 1. The first-order valence-electron chi connectivity index (χ1n) is 6.42. The van der Waals surface area contributed by atoms with Crippen molar-refractivity contribution in [2.45, 2.75) is 6.92 Å². The molecule has 7 nitrogen and oxygen atoms in total. The van der Waals surface area contributed by atoms with Crippen LogP contribution in [0.5, 0.6) is 17.2 Å². The number of methoxy groups -OCH3 is 4. The lowest BCUT2D eigenvalue weighted by molar-refractivity contribution is 0.0599. The number of hydrogen-bond acceptors (Lipinski definition) is 7. The van der Waals surface area contributed by atoms with E-state index in [9.17, 15) is 4.79 Å². The van der Waals surface area contributed by atoms with Gasteiger partial charge in [-0.2, -0.15) is 0 Å². The molecule has 0 aliphatic heterocycles. The Bertz CT molecular complexity index is 666. The minimum atomic E-state index is -0.525. The molecular formula is C15H17NO6. The van der Waals surface area contributed by atoms with Gasteiger partial charge in [0.1, 0.15) is 17.0 Å². The van der Waals surface area contributed by atoms with Crippen molar-refractivity contribution in [1.82, 2.24) is 5.16 Å². The number of benzene rings is 1. The Morgan fingerprint density at radius 3 is 2.09 bits per heavy atom. The Hall–Kier alpha value is -2.70. The lowest BCUT2D eigenvalue weighted by atomic mass is 10.0. The predicted molar refractivity (Wildman–Crippen MR) is 77.7 cm³/mol. The molecule has 1 heterocycles. The van der Waals surface area contributed by atoms with Gasteiger partial charge in [0.15, 0.2) is 11.5 Å². The summed E-state index contributed by atoms with van der Waals surface area (Å²) in [6.45, 7) is 1.64. The Balaban J connectivity index is 2.66. The fraction of sp³-hybridized carbons (Fsp3) is 0.333. The third kappa shape index (κ3) is 2.57. The van der Waals surface area contributed by atoms with Crippen molar-refractivity contribution in [3.05, 3.63) is 23.5 Å². The number of aryl methyl sites for hydroxylation is 1. The van der Waals surface area contributed by atoms with Crippen molar-refractivity contribution in [2.24, 2.45) is 0 Å². The zero-order valence-corrected chi connectivity index (χ0v) is 13.1. The molecule has 0 amide bonds. The Morgan fingerprint density at radius 1 is 1.05 bits per heavy atom. The highest BCUT2D eigenvalue weighted by molar-refractivity contribution is 5.97. The maximum atomic E-state index is 11.9. The van der Waals surface area contributed by atoms with Gasteiger partial charge in [0.25, 0.3) is 0 Å². The van der Waals surface area contributed by atoms with Gasteiger partial charge in [-0.05, 0) is 19.1 Å². The molecular weight excluding hydrogens is 290 g/mol. The molecule has 0 radical (unpaired) electrons. The molecule has 0 aliphatic carbocycles. The maximum absolute atomic E-state index is 11.9. The standard InChI is InChI=1S/C15H17NO6/c1-8-12(15(17)21-5)13(16-22-8)9-6-10(18-2)14(20-4)11(7-9)19-3/h6-7H,1-5H3. The van der Waals surface area contributed by atoms with Crippen molar-refractivity contribution in [2.75, 3.05) is 28.4 Å².